The molecule has 0 aliphatic carbocycles. The Balaban J connectivity index is 0.00000353. The summed E-state index contributed by atoms with van der Waals surface area (Å²) in [6, 6.07) is 7.96. The van der Waals surface area contributed by atoms with Crippen LogP contribution < -0.4 is 30.3 Å². The molecule has 0 saturated carbocycles. The number of amides is 1. The number of carbonyl (C=O) groups excluding carboxylic acids is 1. The van der Waals surface area contributed by atoms with Crippen molar-refractivity contribution in [1.29, 1.82) is 0 Å². The normalized spacial score (nSPS) is 16.7. The van der Waals surface area contributed by atoms with E-state index in [2.05, 4.69) is 25.9 Å². The fourth-order valence-corrected chi connectivity index (χ4v) is 4.39. The van der Waals surface area contributed by atoms with Crippen molar-refractivity contribution in [3.8, 4) is 17.4 Å². The third kappa shape index (κ3) is 6.57. The van der Waals surface area contributed by atoms with Crippen LogP contribution in [0.2, 0.25) is 5.02 Å². The summed E-state index contributed by atoms with van der Waals surface area (Å²) in [6.45, 7) is 4.65. The zero-order chi connectivity index (χ0) is 26.9. The molecule has 1 aromatic heterocycles. The monoisotopic (exact) mass is 584 g/mol. The zero-order valence-corrected chi connectivity index (χ0v) is 22.2. The number of fused-ring (bicyclic) bond motifs is 1. The number of piperazine rings is 1. The molecule has 0 radical (unpaired) electrons. The highest BCUT2D eigenvalue weighted by Crippen LogP contribution is 2.39. The summed E-state index contributed by atoms with van der Waals surface area (Å²) < 4.78 is 52.5. The first-order valence-electron chi connectivity index (χ1n) is 11.9. The predicted molar refractivity (Wildman–Crippen MR) is 144 cm³/mol. The van der Waals surface area contributed by atoms with Crippen LogP contribution in [0.3, 0.4) is 0 Å². The molecule has 1 saturated heterocycles. The number of rotatable bonds is 5. The first kappa shape index (κ1) is 28.5. The third-order valence-corrected chi connectivity index (χ3v) is 6.36. The number of carbonyl (C=O) groups is 1. The average molecular weight is 585 g/mol. The van der Waals surface area contributed by atoms with Gasteiger partial charge in [-0.15, -0.1) is 12.4 Å². The third-order valence-electron chi connectivity index (χ3n) is 6.05. The Morgan fingerprint density at radius 1 is 1.21 bits per heavy atom. The van der Waals surface area contributed by atoms with Gasteiger partial charge in [0.15, 0.2) is 5.82 Å². The van der Waals surface area contributed by atoms with Crippen LogP contribution in [0.4, 0.5) is 30.4 Å². The van der Waals surface area contributed by atoms with Gasteiger partial charge in [0.1, 0.15) is 18.7 Å². The van der Waals surface area contributed by atoms with E-state index in [1.165, 1.54) is 30.6 Å². The molecule has 208 valence electrons. The predicted octanol–water partition coefficient (Wildman–Crippen LogP) is 5.22. The van der Waals surface area contributed by atoms with Crippen molar-refractivity contribution < 1.29 is 27.4 Å². The molecule has 2 aliphatic rings. The molecule has 9 nitrogen and oxygen atoms in total. The summed E-state index contributed by atoms with van der Waals surface area (Å²) in [5.74, 6) is 0.366. The van der Waals surface area contributed by atoms with Crippen LogP contribution in [0, 0.1) is 0 Å². The Morgan fingerprint density at radius 2 is 2.03 bits per heavy atom. The van der Waals surface area contributed by atoms with Crippen LogP contribution in [0.5, 0.6) is 17.4 Å². The van der Waals surface area contributed by atoms with Gasteiger partial charge in [-0.3, -0.25) is 4.79 Å². The Morgan fingerprint density at radius 3 is 2.79 bits per heavy atom. The summed E-state index contributed by atoms with van der Waals surface area (Å²) in [7, 11) is 0. The Bertz CT molecular complexity index is 1360. The van der Waals surface area contributed by atoms with Crippen molar-refractivity contribution in [1.82, 2.24) is 15.3 Å². The maximum atomic E-state index is 13.7. The number of benzene rings is 2. The highest BCUT2D eigenvalue weighted by atomic mass is 35.5. The van der Waals surface area contributed by atoms with Crippen molar-refractivity contribution in [2.24, 2.45) is 0 Å². The van der Waals surface area contributed by atoms with Gasteiger partial charge in [0.05, 0.1) is 17.1 Å². The summed E-state index contributed by atoms with van der Waals surface area (Å²) in [5, 5.41) is 9.11. The lowest BCUT2D eigenvalue weighted by Gasteiger charge is -2.34. The number of hydrogen-bond donors (Lipinski definition) is 3. The molecular formula is C25H25Cl2F3N6O3. The van der Waals surface area contributed by atoms with E-state index in [-0.39, 0.29) is 46.4 Å². The van der Waals surface area contributed by atoms with E-state index in [9.17, 15) is 18.0 Å². The lowest BCUT2D eigenvalue weighted by Crippen LogP contribution is -2.49. The zero-order valence-electron chi connectivity index (χ0n) is 20.6. The van der Waals surface area contributed by atoms with Crippen molar-refractivity contribution in [2.75, 3.05) is 48.3 Å². The molecule has 1 unspecified atom stereocenters. The molecule has 3 heterocycles. The van der Waals surface area contributed by atoms with Crippen molar-refractivity contribution in [3.05, 3.63) is 58.9 Å². The van der Waals surface area contributed by atoms with Gasteiger partial charge >= 0.3 is 6.18 Å². The van der Waals surface area contributed by atoms with Gasteiger partial charge in [0.2, 0.25) is 5.75 Å². The van der Waals surface area contributed by atoms with Crippen LogP contribution in [-0.2, 0) is 6.18 Å². The molecule has 14 heteroatoms. The molecule has 1 fully saturated rings. The van der Waals surface area contributed by atoms with Crippen LogP contribution in [0.1, 0.15) is 22.8 Å². The molecule has 3 N–H and O–H groups in total. The number of nitrogens with zero attached hydrogens (tertiary/aromatic N) is 3. The van der Waals surface area contributed by atoms with Gasteiger partial charge in [0.25, 0.3) is 11.8 Å². The molecule has 3 aromatic rings. The van der Waals surface area contributed by atoms with Crippen molar-refractivity contribution in [2.45, 2.75) is 19.1 Å². The van der Waals surface area contributed by atoms with E-state index < -0.39 is 17.6 Å². The second-order valence-electron chi connectivity index (χ2n) is 8.90. The van der Waals surface area contributed by atoms with Crippen LogP contribution in [0.15, 0.2) is 42.7 Å². The summed E-state index contributed by atoms with van der Waals surface area (Å²) >= 11 is 6.29. The van der Waals surface area contributed by atoms with Crippen LogP contribution in [0.25, 0.3) is 0 Å². The molecule has 39 heavy (non-hydrogen) atoms. The van der Waals surface area contributed by atoms with Crippen molar-refractivity contribution >= 4 is 47.1 Å². The molecule has 5 rings (SSSR count). The van der Waals surface area contributed by atoms with Gasteiger partial charge in [0, 0.05) is 42.6 Å². The number of anilines is 3. The number of alkyl halides is 3. The van der Waals surface area contributed by atoms with Gasteiger partial charge in [-0.25, -0.2) is 4.98 Å². The highest BCUT2D eigenvalue weighted by Gasteiger charge is 2.32. The SMILES string of the molecule is CC1CN(c2cc(NC(=O)c3ccc(Cl)c(Oc4ncnc5c4OCCN5)c3)cc(C(F)(F)F)c2)CCN1.Cl. The fourth-order valence-electron chi connectivity index (χ4n) is 4.24. The minimum absolute atomic E-state index is 0. The van der Waals surface area contributed by atoms with Gasteiger partial charge in [-0.05, 0) is 43.3 Å². The first-order chi connectivity index (χ1) is 18.2. The maximum Gasteiger partial charge on any atom is 0.416 e. The standard InChI is InChI=1S/C25H24ClF3N6O3.ClH/c1-14-12-35(6-4-30-14)18-10-16(25(27,28)29)9-17(11-18)34-23(36)15-2-3-19(26)20(8-15)38-24-21-22(32-13-33-24)31-5-7-37-21;/h2-3,8-11,13-14,30H,4-7,12H2,1H3,(H,34,36)(H,31,32,33);1H. The van der Waals surface area contributed by atoms with E-state index in [4.69, 9.17) is 21.1 Å². The summed E-state index contributed by atoms with van der Waals surface area (Å²) in [4.78, 5) is 23.1. The van der Waals surface area contributed by atoms with E-state index in [1.807, 2.05) is 11.8 Å². The fraction of sp³-hybridized carbons (Fsp3) is 0.320. The number of ether oxygens (including phenoxy) is 2. The van der Waals surface area contributed by atoms with Crippen LogP contribution >= 0.6 is 24.0 Å². The maximum absolute atomic E-state index is 13.7. The number of hydrogen-bond acceptors (Lipinski definition) is 8. The molecule has 1 amide bonds. The lowest BCUT2D eigenvalue weighted by atomic mass is 10.1. The second-order valence-corrected chi connectivity index (χ2v) is 9.31. The lowest BCUT2D eigenvalue weighted by molar-refractivity contribution is -0.137. The second kappa shape index (κ2) is 11.7. The van der Waals surface area contributed by atoms with E-state index in [0.29, 0.717) is 50.0 Å². The van der Waals surface area contributed by atoms with Gasteiger partial charge in [-0.2, -0.15) is 18.2 Å². The minimum atomic E-state index is -4.58. The first-order valence-corrected chi connectivity index (χ1v) is 12.3. The highest BCUT2D eigenvalue weighted by molar-refractivity contribution is 6.32. The molecule has 1 atom stereocenters. The van der Waals surface area contributed by atoms with E-state index in [0.717, 1.165) is 12.1 Å². The molecule has 0 bridgehead atoms. The van der Waals surface area contributed by atoms with Gasteiger partial charge < -0.3 is 30.3 Å². The van der Waals surface area contributed by atoms with E-state index in [1.54, 1.807) is 0 Å². The largest absolute Gasteiger partial charge is 0.483 e. The molecular weight excluding hydrogens is 560 g/mol. The Labute approximate surface area is 233 Å². The quantitative estimate of drug-likeness (QED) is 0.375. The van der Waals surface area contributed by atoms with E-state index >= 15 is 0 Å². The Hall–Kier alpha value is -3.48. The summed E-state index contributed by atoms with van der Waals surface area (Å²) in [5.41, 5.74) is -0.321. The number of nitrogens with one attached hydrogen (secondary N) is 3. The molecule has 2 aliphatic heterocycles. The minimum Gasteiger partial charge on any atom is -0.483 e. The molecule has 0 spiro atoms. The number of halogens is 5. The van der Waals surface area contributed by atoms with Crippen LogP contribution in [-0.4, -0.2) is 54.7 Å². The smallest absolute Gasteiger partial charge is 0.416 e. The molecule has 2 aromatic carbocycles. The van der Waals surface area contributed by atoms with Crippen molar-refractivity contribution in [3.63, 3.8) is 0 Å². The summed E-state index contributed by atoms with van der Waals surface area (Å²) in [6.07, 6.45) is -3.28. The Kier molecular flexibility index (Phi) is 8.57. The number of aromatic nitrogens is 2. The topological polar surface area (TPSA) is 101 Å². The average Bonchev–Trinajstić information content (AvgIpc) is 2.89. The van der Waals surface area contributed by atoms with Gasteiger partial charge in [-0.1, -0.05) is 11.6 Å².